The molecule has 18 heavy (non-hydrogen) atoms. The van der Waals surface area contributed by atoms with E-state index >= 15 is 0 Å². The van der Waals surface area contributed by atoms with Crippen LogP contribution in [0.3, 0.4) is 0 Å². The van der Waals surface area contributed by atoms with Crippen LogP contribution in [0.1, 0.15) is 25.8 Å². The first-order valence-corrected chi connectivity index (χ1v) is 7.20. The average Bonchev–Trinajstić information content (AvgIpc) is 2.75. The van der Waals surface area contributed by atoms with E-state index in [0.717, 1.165) is 5.92 Å². The van der Waals surface area contributed by atoms with Gasteiger partial charge in [0.2, 0.25) is 0 Å². The highest BCUT2D eigenvalue weighted by molar-refractivity contribution is 5.56. The van der Waals surface area contributed by atoms with Crippen LogP contribution < -0.4 is 10.2 Å². The first kappa shape index (κ1) is 12.0. The first-order valence-electron chi connectivity index (χ1n) is 7.20. The molecule has 2 heterocycles. The monoisotopic (exact) mass is 244 g/mol. The van der Waals surface area contributed by atoms with Gasteiger partial charge in [-0.15, -0.1) is 0 Å². The van der Waals surface area contributed by atoms with Crippen LogP contribution in [0.5, 0.6) is 0 Å². The van der Waals surface area contributed by atoms with Gasteiger partial charge in [-0.05, 0) is 42.3 Å². The number of benzene rings is 1. The molecule has 1 saturated heterocycles. The molecule has 3 rings (SSSR count). The molecule has 0 saturated carbocycles. The van der Waals surface area contributed by atoms with Crippen molar-refractivity contribution in [3.05, 3.63) is 29.8 Å². The molecule has 1 aromatic rings. The maximum absolute atomic E-state index is 3.51. The molecule has 2 unspecified atom stereocenters. The number of hydrogen-bond acceptors (Lipinski definition) is 2. The Bertz CT molecular complexity index is 421. The number of hydrogen-bond donors (Lipinski definition) is 1. The minimum Gasteiger partial charge on any atom is -0.370 e. The van der Waals surface area contributed by atoms with Gasteiger partial charge in [-0.25, -0.2) is 0 Å². The summed E-state index contributed by atoms with van der Waals surface area (Å²) in [6.07, 6.45) is 2.54. The van der Waals surface area contributed by atoms with Crippen molar-refractivity contribution in [1.82, 2.24) is 5.32 Å². The van der Waals surface area contributed by atoms with E-state index in [0.29, 0.717) is 5.41 Å². The zero-order chi connectivity index (χ0) is 12.6. The summed E-state index contributed by atoms with van der Waals surface area (Å²) in [5.74, 6) is 0.776. The Labute approximate surface area is 110 Å². The molecule has 0 radical (unpaired) electrons. The van der Waals surface area contributed by atoms with Gasteiger partial charge in [0.05, 0.1) is 0 Å². The van der Waals surface area contributed by atoms with Crippen LogP contribution in [0.4, 0.5) is 5.69 Å². The minimum atomic E-state index is 0.449. The van der Waals surface area contributed by atoms with E-state index in [-0.39, 0.29) is 0 Å². The molecule has 2 aliphatic heterocycles. The summed E-state index contributed by atoms with van der Waals surface area (Å²) >= 11 is 0. The van der Waals surface area contributed by atoms with Crippen molar-refractivity contribution in [3.8, 4) is 0 Å². The largest absolute Gasteiger partial charge is 0.370 e. The number of rotatable bonds is 2. The second-order valence-electron chi connectivity index (χ2n) is 6.56. The van der Waals surface area contributed by atoms with Crippen LogP contribution in [-0.2, 0) is 6.42 Å². The van der Waals surface area contributed by atoms with Crippen LogP contribution in [0, 0.1) is 11.3 Å². The fraction of sp³-hybridized carbons (Fsp3) is 0.625. The number of fused-ring (bicyclic) bond motifs is 1. The first-order chi connectivity index (χ1) is 8.66. The number of para-hydroxylation sites is 1. The highest BCUT2D eigenvalue weighted by Gasteiger charge is 2.33. The molecular formula is C16H24N2. The SMILES string of the molecule is CC1Cc2ccccc2N(CC2(C)CCNC2)C1. The lowest BCUT2D eigenvalue weighted by atomic mass is 9.86. The highest BCUT2D eigenvalue weighted by atomic mass is 15.2. The molecule has 1 aromatic carbocycles. The lowest BCUT2D eigenvalue weighted by molar-refractivity contribution is 0.351. The van der Waals surface area contributed by atoms with E-state index < -0.39 is 0 Å². The van der Waals surface area contributed by atoms with Crippen LogP contribution in [0.2, 0.25) is 0 Å². The van der Waals surface area contributed by atoms with E-state index in [9.17, 15) is 0 Å². The highest BCUT2D eigenvalue weighted by Crippen LogP contribution is 2.34. The molecule has 0 aromatic heterocycles. The summed E-state index contributed by atoms with van der Waals surface area (Å²) in [6, 6.07) is 8.95. The van der Waals surface area contributed by atoms with Gasteiger partial charge in [-0.3, -0.25) is 0 Å². The average molecular weight is 244 g/mol. The van der Waals surface area contributed by atoms with Gasteiger partial charge in [-0.1, -0.05) is 32.0 Å². The zero-order valence-corrected chi connectivity index (χ0v) is 11.6. The Balaban J connectivity index is 1.84. The van der Waals surface area contributed by atoms with Crippen molar-refractivity contribution in [3.63, 3.8) is 0 Å². The summed E-state index contributed by atoms with van der Waals surface area (Å²) in [5.41, 5.74) is 3.46. The predicted molar refractivity (Wildman–Crippen MR) is 77.1 cm³/mol. The number of nitrogens with zero attached hydrogens (tertiary/aromatic N) is 1. The summed E-state index contributed by atoms with van der Waals surface area (Å²) < 4.78 is 0. The molecule has 2 atom stereocenters. The second kappa shape index (κ2) is 4.58. The standard InChI is InChI=1S/C16H24N2/c1-13-9-14-5-3-4-6-15(14)18(10-13)12-16(2)7-8-17-11-16/h3-6,13,17H,7-12H2,1-2H3. The Morgan fingerprint density at radius 1 is 1.39 bits per heavy atom. The third-order valence-corrected chi connectivity index (χ3v) is 4.46. The van der Waals surface area contributed by atoms with E-state index in [1.165, 1.54) is 50.3 Å². The Hall–Kier alpha value is -1.02. The number of nitrogens with one attached hydrogen (secondary N) is 1. The smallest absolute Gasteiger partial charge is 0.0399 e. The van der Waals surface area contributed by atoms with Gasteiger partial charge in [-0.2, -0.15) is 0 Å². The lowest BCUT2D eigenvalue weighted by Crippen LogP contribution is -2.42. The van der Waals surface area contributed by atoms with Crippen molar-refractivity contribution in [2.45, 2.75) is 26.7 Å². The Kier molecular flexibility index (Phi) is 3.06. The van der Waals surface area contributed by atoms with E-state index in [1.807, 2.05) is 0 Å². The van der Waals surface area contributed by atoms with Crippen molar-refractivity contribution in [1.29, 1.82) is 0 Å². The molecule has 0 aliphatic carbocycles. The van der Waals surface area contributed by atoms with Gasteiger partial charge in [0, 0.05) is 25.3 Å². The molecule has 1 N–H and O–H groups in total. The van der Waals surface area contributed by atoms with Gasteiger partial charge < -0.3 is 10.2 Å². The molecule has 98 valence electrons. The number of anilines is 1. The van der Waals surface area contributed by atoms with Crippen LogP contribution in [0.25, 0.3) is 0 Å². The summed E-state index contributed by atoms with van der Waals surface area (Å²) in [5, 5.41) is 3.51. The Morgan fingerprint density at radius 2 is 2.22 bits per heavy atom. The van der Waals surface area contributed by atoms with E-state index in [1.54, 1.807) is 0 Å². The van der Waals surface area contributed by atoms with Crippen molar-refractivity contribution in [2.24, 2.45) is 11.3 Å². The third kappa shape index (κ3) is 2.26. The van der Waals surface area contributed by atoms with Gasteiger partial charge >= 0.3 is 0 Å². The van der Waals surface area contributed by atoms with Gasteiger partial charge in [0.25, 0.3) is 0 Å². The van der Waals surface area contributed by atoms with Crippen LogP contribution in [0.15, 0.2) is 24.3 Å². The van der Waals surface area contributed by atoms with Crippen molar-refractivity contribution in [2.75, 3.05) is 31.1 Å². The summed E-state index contributed by atoms with van der Waals surface area (Å²) in [6.45, 7) is 9.56. The summed E-state index contributed by atoms with van der Waals surface area (Å²) in [7, 11) is 0. The zero-order valence-electron chi connectivity index (χ0n) is 11.6. The maximum atomic E-state index is 3.51. The minimum absolute atomic E-state index is 0.449. The predicted octanol–water partition coefficient (Wildman–Crippen LogP) is 2.68. The summed E-state index contributed by atoms with van der Waals surface area (Å²) in [4.78, 5) is 2.62. The maximum Gasteiger partial charge on any atom is 0.0399 e. The third-order valence-electron chi connectivity index (χ3n) is 4.46. The van der Waals surface area contributed by atoms with Crippen molar-refractivity contribution < 1.29 is 0 Å². The van der Waals surface area contributed by atoms with Crippen LogP contribution >= 0.6 is 0 Å². The molecule has 1 fully saturated rings. The van der Waals surface area contributed by atoms with Crippen molar-refractivity contribution >= 4 is 5.69 Å². The molecule has 0 bridgehead atoms. The van der Waals surface area contributed by atoms with Crippen LogP contribution in [-0.4, -0.2) is 26.2 Å². The quantitative estimate of drug-likeness (QED) is 0.860. The fourth-order valence-corrected chi connectivity index (χ4v) is 3.52. The molecule has 0 spiro atoms. The van der Waals surface area contributed by atoms with Gasteiger partial charge in [0.1, 0.15) is 0 Å². The van der Waals surface area contributed by atoms with Gasteiger partial charge in [0.15, 0.2) is 0 Å². The Morgan fingerprint density at radius 3 is 3.00 bits per heavy atom. The lowest BCUT2D eigenvalue weighted by Gasteiger charge is -2.39. The molecular weight excluding hydrogens is 220 g/mol. The van der Waals surface area contributed by atoms with E-state index in [4.69, 9.17) is 0 Å². The van der Waals surface area contributed by atoms with E-state index in [2.05, 4.69) is 48.3 Å². The fourth-order valence-electron chi connectivity index (χ4n) is 3.52. The molecule has 2 heteroatoms. The normalized spacial score (nSPS) is 31.4. The molecule has 2 aliphatic rings. The second-order valence-corrected chi connectivity index (χ2v) is 6.56. The topological polar surface area (TPSA) is 15.3 Å². The molecule has 2 nitrogen and oxygen atoms in total. The molecule has 0 amide bonds.